The molecule has 0 fully saturated rings. The molecule has 2 aromatic carbocycles. The average molecular weight is 409 g/mol. The van der Waals surface area contributed by atoms with Gasteiger partial charge in [-0.2, -0.15) is 0 Å². The molecule has 0 aliphatic rings. The summed E-state index contributed by atoms with van der Waals surface area (Å²) in [6, 6.07) is 12.3. The smallest absolute Gasteiger partial charge is 0.261 e. The number of rotatable bonds is 7. The quantitative estimate of drug-likeness (QED) is 0.698. The van der Waals surface area contributed by atoms with Gasteiger partial charge in [0.15, 0.2) is 6.10 Å². The van der Waals surface area contributed by atoms with E-state index in [-0.39, 0.29) is 22.8 Å². The molecule has 144 valence electrons. The topological polar surface area (TPSA) is 67.4 Å². The fourth-order valence-electron chi connectivity index (χ4n) is 2.20. The molecule has 0 bridgehead atoms. The monoisotopic (exact) mass is 408 g/mol. The Morgan fingerprint density at radius 3 is 2.44 bits per heavy atom. The van der Waals surface area contributed by atoms with Crippen LogP contribution in [-0.4, -0.2) is 17.9 Å². The first-order chi connectivity index (χ1) is 12.8. The van der Waals surface area contributed by atoms with Crippen LogP contribution in [0.5, 0.6) is 5.75 Å². The molecule has 0 heterocycles. The number of hydrogen-bond donors (Lipinski definition) is 2. The van der Waals surface area contributed by atoms with Crippen LogP contribution >= 0.6 is 23.2 Å². The molecule has 0 saturated carbocycles. The Bertz CT molecular complexity index is 825. The number of carbonyl (C=O) groups is 2. The molecule has 2 N–H and O–H groups in total. The summed E-state index contributed by atoms with van der Waals surface area (Å²) in [6.45, 7) is 5.59. The van der Waals surface area contributed by atoms with Crippen molar-refractivity contribution < 1.29 is 14.3 Å². The van der Waals surface area contributed by atoms with Gasteiger partial charge in [-0.25, -0.2) is 0 Å². The molecule has 2 aromatic rings. The van der Waals surface area contributed by atoms with Gasteiger partial charge < -0.3 is 15.4 Å². The first-order valence-electron chi connectivity index (χ1n) is 8.56. The standard InChI is InChI=1S/C20H22Cl2N2O3/c1-12(2)19(25)24-15-7-4-6-14(10-15)11-23-20(26)13(3)27-17-9-5-8-16(21)18(17)22/h4-10,12-13H,11H2,1-3H3,(H,23,26)(H,24,25). The average Bonchev–Trinajstić information content (AvgIpc) is 2.63. The predicted molar refractivity (Wildman–Crippen MR) is 108 cm³/mol. The molecule has 0 radical (unpaired) electrons. The van der Waals surface area contributed by atoms with Crippen molar-refractivity contribution in [3.63, 3.8) is 0 Å². The molecular formula is C20H22Cl2N2O3. The van der Waals surface area contributed by atoms with Crippen LogP contribution in [0.4, 0.5) is 5.69 Å². The number of carbonyl (C=O) groups excluding carboxylic acids is 2. The van der Waals surface area contributed by atoms with Crippen molar-refractivity contribution in [2.45, 2.75) is 33.4 Å². The van der Waals surface area contributed by atoms with E-state index in [2.05, 4.69) is 10.6 Å². The van der Waals surface area contributed by atoms with E-state index in [1.807, 2.05) is 32.0 Å². The van der Waals surface area contributed by atoms with Gasteiger partial charge in [-0.15, -0.1) is 0 Å². The van der Waals surface area contributed by atoms with Crippen molar-refractivity contribution >= 4 is 40.7 Å². The molecule has 7 heteroatoms. The molecule has 2 amide bonds. The van der Waals surface area contributed by atoms with Gasteiger partial charge in [0.05, 0.1) is 5.02 Å². The Kier molecular flexibility index (Phi) is 7.51. The molecule has 0 saturated heterocycles. The van der Waals surface area contributed by atoms with Crippen LogP contribution in [0.15, 0.2) is 42.5 Å². The Labute approximate surface area is 169 Å². The van der Waals surface area contributed by atoms with Gasteiger partial charge in [0, 0.05) is 18.2 Å². The van der Waals surface area contributed by atoms with E-state index < -0.39 is 6.10 Å². The summed E-state index contributed by atoms with van der Waals surface area (Å²) < 4.78 is 5.59. The van der Waals surface area contributed by atoms with Gasteiger partial charge in [-0.3, -0.25) is 9.59 Å². The Morgan fingerprint density at radius 1 is 1.04 bits per heavy atom. The Morgan fingerprint density at radius 2 is 1.74 bits per heavy atom. The molecule has 1 unspecified atom stereocenters. The van der Waals surface area contributed by atoms with E-state index >= 15 is 0 Å². The summed E-state index contributed by atoms with van der Waals surface area (Å²) >= 11 is 12.0. The summed E-state index contributed by atoms with van der Waals surface area (Å²) in [4.78, 5) is 24.1. The van der Waals surface area contributed by atoms with Gasteiger partial charge in [-0.1, -0.05) is 55.2 Å². The highest BCUT2D eigenvalue weighted by Crippen LogP contribution is 2.32. The van der Waals surface area contributed by atoms with Gasteiger partial charge in [0.25, 0.3) is 5.91 Å². The zero-order valence-electron chi connectivity index (χ0n) is 15.4. The van der Waals surface area contributed by atoms with Crippen molar-refractivity contribution in [1.29, 1.82) is 0 Å². The van der Waals surface area contributed by atoms with Crippen LogP contribution in [0.25, 0.3) is 0 Å². The predicted octanol–water partition coefficient (Wildman–Crippen LogP) is 4.67. The van der Waals surface area contributed by atoms with Crippen LogP contribution < -0.4 is 15.4 Å². The summed E-state index contributed by atoms with van der Waals surface area (Å²) in [5.74, 6) is -0.103. The van der Waals surface area contributed by atoms with Crippen LogP contribution in [0.1, 0.15) is 26.3 Å². The molecule has 0 spiro atoms. The van der Waals surface area contributed by atoms with Crippen molar-refractivity contribution in [3.05, 3.63) is 58.1 Å². The van der Waals surface area contributed by atoms with Crippen molar-refractivity contribution in [2.75, 3.05) is 5.32 Å². The molecular weight excluding hydrogens is 387 g/mol. The summed E-state index contributed by atoms with van der Waals surface area (Å²) in [5, 5.41) is 6.27. The zero-order chi connectivity index (χ0) is 20.0. The molecule has 2 rings (SSSR count). The minimum absolute atomic E-state index is 0.0587. The minimum Gasteiger partial charge on any atom is -0.479 e. The third kappa shape index (κ3) is 6.15. The first-order valence-corrected chi connectivity index (χ1v) is 9.31. The summed E-state index contributed by atoms with van der Waals surface area (Å²) in [6.07, 6.45) is -0.746. The molecule has 0 aliphatic carbocycles. The highest BCUT2D eigenvalue weighted by molar-refractivity contribution is 6.42. The van der Waals surface area contributed by atoms with Crippen LogP contribution in [0.3, 0.4) is 0 Å². The van der Waals surface area contributed by atoms with Crippen LogP contribution in [0, 0.1) is 5.92 Å². The van der Waals surface area contributed by atoms with E-state index in [4.69, 9.17) is 27.9 Å². The summed E-state index contributed by atoms with van der Waals surface area (Å²) in [7, 11) is 0. The van der Waals surface area contributed by atoms with E-state index in [0.29, 0.717) is 23.0 Å². The lowest BCUT2D eigenvalue weighted by atomic mass is 10.1. The van der Waals surface area contributed by atoms with Crippen LogP contribution in [0.2, 0.25) is 10.0 Å². The highest BCUT2D eigenvalue weighted by Gasteiger charge is 2.17. The maximum Gasteiger partial charge on any atom is 0.261 e. The van der Waals surface area contributed by atoms with Crippen LogP contribution in [-0.2, 0) is 16.1 Å². The third-order valence-corrected chi connectivity index (χ3v) is 4.58. The van der Waals surface area contributed by atoms with E-state index in [1.54, 1.807) is 31.2 Å². The second-order valence-electron chi connectivity index (χ2n) is 6.37. The molecule has 5 nitrogen and oxygen atoms in total. The van der Waals surface area contributed by atoms with Crippen molar-refractivity contribution in [2.24, 2.45) is 5.92 Å². The number of halogens is 2. The van der Waals surface area contributed by atoms with Gasteiger partial charge in [0.1, 0.15) is 10.8 Å². The summed E-state index contributed by atoms with van der Waals surface area (Å²) in [5.41, 5.74) is 1.55. The second kappa shape index (κ2) is 9.62. The maximum absolute atomic E-state index is 12.3. The highest BCUT2D eigenvalue weighted by atomic mass is 35.5. The SMILES string of the molecule is CC(C)C(=O)Nc1cccc(CNC(=O)C(C)Oc2cccc(Cl)c2Cl)c1. The number of anilines is 1. The van der Waals surface area contributed by atoms with Crippen molar-refractivity contribution in [1.82, 2.24) is 5.32 Å². The van der Waals surface area contributed by atoms with E-state index in [9.17, 15) is 9.59 Å². The fraction of sp³-hybridized carbons (Fsp3) is 0.300. The minimum atomic E-state index is -0.746. The fourth-order valence-corrected chi connectivity index (χ4v) is 2.53. The maximum atomic E-state index is 12.3. The number of benzene rings is 2. The number of amides is 2. The molecule has 0 aliphatic heterocycles. The third-order valence-electron chi connectivity index (χ3n) is 3.77. The Hall–Kier alpha value is -2.24. The number of hydrogen-bond acceptors (Lipinski definition) is 3. The molecule has 27 heavy (non-hydrogen) atoms. The normalized spacial score (nSPS) is 11.8. The van der Waals surface area contributed by atoms with Crippen molar-refractivity contribution in [3.8, 4) is 5.75 Å². The van der Waals surface area contributed by atoms with E-state index in [1.165, 1.54) is 0 Å². The van der Waals surface area contributed by atoms with Gasteiger partial charge in [0.2, 0.25) is 5.91 Å². The zero-order valence-corrected chi connectivity index (χ0v) is 16.9. The lowest BCUT2D eigenvalue weighted by Crippen LogP contribution is -2.36. The number of nitrogens with one attached hydrogen (secondary N) is 2. The largest absolute Gasteiger partial charge is 0.479 e. The number of ether oxygens (including phenoxy) is 1. The molecule has 0 aromatic heterocycles. The van der Waals surface area contributed by atoms with Gasteiger partial charge >= 0.3 is 0 Å². The Balaban J connectivity index is 1.93. The molecule has 1 atom stereocenters. The second-order valence-corrected chi connectivity index (χ2v) is 7.16. The van der Waals surface area contributed by atoms with Gasteiger partial charge in [-0.05, 0) is 36.8 Å². The lowest BCUT2D eigenvalue weighted by Gasteiger charge is -2.16. The first kappa shape index (κ1) is 21.1. The lowest BCUT2D eigenvalue weighted by molar-refractivity contribution is -0.127. The van der Waals surface area contributed by atoms with E-state index in [0.717, 1.165) is 5.56 Å².